The predicted octanol–water partition coefficient (Wildman–Crippen LogP) is 5.66. The molecule has 3 aromatic rings. The molecule has 212 valence electrons. The fraction of sp³-hybridized carbons (Fsp3) is 0.407. The first-order chi connectivity index (χ1) is 17.5. The van der Waals surface area contributed by atoms with Crippen molar-refractivity contribution >= 4 is 64.8 Å². The summed E-state index contributed by atoms with van der Waals surface area (Å²) in [6.45, 7) is 5.31. The quantitative estimate of drug-likeness (QED) is 0.257. The lowest BCUT2D eigenvalue weighted by atomic mass is 9.90. The first-order valence-corrected chi connectivity index (χ1v) is 12.7. The minimum absolute atomic E-state index is 0. The normalized spacial score (nSPS) is 17.6. The molecule has 1 amide bonds. The highest BCUT2D eigenvalue weighted by Crippen LogP contribution is 2.34. The summed E-state index contributed by atoms with van der Waals surface area (Å²) < 4.78 is 14.1. The monoisotopic (exact) mass is 599 g/mol. The number of nitrogens with one attached hydrogen (secondary N) is 2. The number of aromatic nitrogens is 2. The standard InChI is InChI=1S/C27H31ClFN5O3.2ClH/c1-13(2)23(30)27(37)33-17-6-4-16(5-7-17)32-24-18(14(3)35)12-31-22-9-8-21(34-25(22)24)15-10-19(28)26(36)20(29)11-15;;/h8-13,16-17,23,36H,4-7,30H2,1-3H3,(H,31,32)(H,33,37);2*1H/t16-,17-,23?;;. The van der Waals surface area contributed by atoms with Gasteiger partial charge >= 0.3 is 0 Å². The topological polar surface area (TPSA) is 130 Å². The summed E-state index contributed by atoms with van der Waals surface area (Å²) in [5.41, 5.74) is 8.81. The van der Waals surface area contributed by atoms with Crippen molar-refractivity contribution in [2.75, 3.05) is 5.32 Å². The van der Waals surface area contributed by atoms with Crippen LogP contribution in [0.1, 0.15) is 56.8 Å². The van der Waals surface area contributed by atoms with E-state index in [-0.39, 0.29) is 59.5 Å². The van der Waals surface area contributed by atoms with Gasteiger partial charge in [-0.2, -0.15) is 0 Å². The SMILES string of the molecule is CC(=O)c1cnc2ccc(-c3cc(F)c(O)c(Cl)c3)nc2c1N[C@H]1CC[C@H](NC(=O)C(N)C(C)C)CC1.Cl.Cl. The number of carbonyl (C=O) groups excluding carboxylic acids is 2. The number of rotatable bonds is 7. The maximum atomic E-state index is 14.1. The molecule has 39 heavy (non-hydrogen) atoms. The summed E-state index contributed by atoms with van der Waals surface area (Å²) in [4.78, 5) is 33.9. The number of nitrogens with zero attached hydrogens (tertiary/aromatic N) is 2. The van der Waals surface area contributed by atoms with Crippen LogP contribution in [-0.2, 0) is 4.79 Å². The minimum Gasteiger partial charge on any atom is -0.504 e. The average Bonchev–Trinajstić information content (AvgIpc) is 2.87. The van der Waals surface area contributed by atoms with E-state index >= 15 is 0 Å². The van der Waals surface area contributed by atoms with E-state index in [0.717, 1.165) is 31.7 Å². The Morgan fingerprint density at radius 3 is 2.36 bits per heavy atom. The van der Waals surface area contributed by atoms with Crippen LogP contribution in [0.3, 0.4) is 0 Å². The molecule has 1 aliphatic rings. The number of nitrogens with two attached hydrogens (primary N) is 1. The summed E-state index contributed by atoms with van der Waals surface area (Å²) >= 11 is 5.97. The number of aromatic hydroxyl groups is 1. The third-order valence-electron chi connectivity index (χ3n) is 6.85. The van der Waals surface area contributed by atoms with Gasteiger partial charge in [0.1, 0.15) is 5.52 Å². The molecule has 1 fully saturated rings. The van der Waals surface area contributed by atoms with Gasteiger partial charge in [-0.05, 0) is 62.8 Å². The molecule has 1 aliphatic carbocycles. The van der Waals surface area contributed by atoms with E-state index in [0.29, 0.717) is 33.5 Å². The van der Waals surface area contributed by atoms with Crippen molar-refractivity contribution in [1.82, 2.24) is 15.3 Å². The van der Waals surface area contributed by atoms with Crippen LogP contribution in [0.2, 0.25) is 5.02 Å². The summed E-state index contributed by atoms with van der Waals surface area (Å²) in [5.74, 6) is -1.70. The lowest BCUT2D eigenvalue weighted by molar-refractivity contribution is -0.124. The van der Waals surface area contributed by atoms with Crippen molar-refractivity contribution in [3.05, 3.63) is 46.9 Å². The number of hydrogen-bond donors (Lipinski definition) is 4. The zero-order chi connectivity index (χ0) is 26.9. The Morgan fingerprint density at radius 1 is 1.13 bits per heavy atom. The van der Waals surface area contributed by atoms with Crippen molar-refractivity contribution in [3.8, 4) is 17.0 Å². The van der Waals surface area contributed by atoms with Gasteiger partial charge in [0.05, 0.1) is 33.5 Å². The van der Waals surface area contributed by atoms with Gasteiger partial charge in [-0.25, -0.2) is 9.37 Å². The largest absolute Gasteiger partial charge is 0.504 e. The zero-order valence-electron chi connectivity index (χ0n) is 21.8. The number of carbonyl (C=O) groups is 2. The summed E-state index contributed by atoms with van der Waals surface area (Å²) in [6.07, 6.45) is 4.64. The molecule has 0 spiro atoms. The van der Waals surface area contributed by atoms with E-state index in [2.05, 4.69) is 15.6 Å². The molecule has 2 heterocycles. The van der Waals surface area contributed by atoms with Gasteiger partial charge in [-0.3, -0.25) is 14.6 Å². The van der Waals surface area contributed by atoms with Crippen molar-refractivity contribution < 1.29 is 19.1 Å². The molecule has 12 heteroatoms. The lowest BCUT2D eigenvalue weighted by Gasteiger charge is -2.31. The second-order valence-electron chi connectivity index (χ2n) is 9.93. The number of anilines is 1. The first kappa shape index (κ1) is 32.5. The first-order valence-electron chi connectivity index (χ1n) is 12.4. The number of amides is 1. The number of ketones is 1. The predicted molar refractivity (Wildman–Crippen MR) is 157 cm³/mol. The third-order valence-corrected chi connectivity index (χ3v) is 7.14. The highest BCUT2D eigenvalue weighted by atomic mass is 35.5. The van der Waals surface area contributed by atoms with Gasteiger partial charge in [0.25, 0.3) is 0 Å². The smallest absolute Gasteiger partial charge is 0.237 e. The minimum atomic E-state index is -0.850. The van der Waals surface area contributed by atoms with Gasteiger partial charge in [-0.1, -0.05) is 25.4 Å². The molecule has 0 radical (unpaired) electrons. The van der Waals surface area contributed by atoms with Crippen molar-refractivity contribution in [2.24, 2.45) is 11.7 Å². The van der Waals surface area contributed by atoms with E-state index < -0.39 is 17.6 Å². The molecule has 2 aromatic heterocycles. The molecule has 0 aliphatic heterocycles. The molecule has 1 unspecified atom stereocenters. The second kappa shape index (κ2) is 13.6. The molecule has 1 saturated carbocycles. The number of Topliss-reactive ketones (excluding diaryl/α,β-unsaturated/α-hetero) is 1. The number of halogens is 4. The van der Waals surface area contributed by atoms with Crippen molar-refractivity contribution in [2.45, 2.75) is 64.6 Å². The molecule has 1 aromatic carbocycles. The van der Waals surface area contributed by atoms with E-state index in [1.165, 1.54) is 19.2 Å². The summed E-state index contributed by atoms with van der Waals surface area (Å²) in [5, 5.41) is 16.1. The molecule has 0 bridgehead atoms. The van der Waals surface area contributed by atoms with E-state index in [4.69, 9.17) is 22.3 Å². The number of phenolic OH excluding ortho intramolecular Hbond substituents is 1. The average molecular weight is 601 g/mol. The van der Waals surface area contributed by atoms with Crippen LogP contribution < -0.4 is 16.4 Å². The maximum absolute atomic E-state index is 14.1. The molecule has 8 nitrogen and oxygen atoms in total. The Bertz CT molecular complexity index is 1330. The van der Waals surface area contributed by atoms with Gasteiger partial charge in [0, 0.05) is 23.8 Å². The second-order valence-corrected chi connectivity index (χ2v) is 10.3. The fourth-order valence-electron chi connectivity index (χ4n) is 4.54. The molecule has 4 rings (SSSR count). The fourth-order valence-corrected chi connectivity index (χ4v) is 4.75. The third kappa shape index (κ3) is 7.28. The summed E-state index contributed by atoms with van der Waals surface area (Å²) in [6, 6.07) is 5.60. The van der Waals surface area contributed by atoms with Crippen LogP contribution in [0.15, 0.2) is 30.5 Å². The van der Waals surface area contributed by atoms with Crippen molar-refractivity contribution in [3.63, 3.8) is 0 Å². The van der Waals surface area contributed by atoms with Gasteiger partial charge in [0.2, 0.25) is 5.91 Å². The van der Waals surface area contributed by atoms with Crippen molar-refractivity contribution in [1.29, 1.82) is 0 Å². The van der Waals surface area contributed by atoms with Crippen LogP contribution in [0.25, 0.3) is 22.3 Å². The Hall–Kier alpha value is -2.72. The Labute approximate surface area is 244 Å². The van der Waals surface area contributed by atoms with E-state index in [1.807, 2.05) is 13.8 Å². The van der Waals surface area contributed by atoms with Crippen LogP contribution in [0.4, 0.5) is 10.1 Å². The highest BCUT2D eigenvalue weighted by Gasteiger charge is 2.27. The highest BCUT2D eigenvalue weighted by molar-refractivity contribution is 6.32. The molecular formula is C27H33Cl3FN5O3. The van der Waals surface area contributed by atoms with Gasteiger partial charge in [0.15, 0.2) is 17.3 Å². The molecule has 1 atom stereocenters. The molecular weight excluding hydrogens is 568 g/mol. The van der Waals surface area contributed by atoms with Crippen LogP contribution >= 0.6 is 36.4 Å². The number of phenols is 1. The Morgan fingerprint density at radius 2 is 1.77 bits per heavy atom. The maximum Gasteiger partial charge on any atom is 0.237 e. The van der Waals surface area contributed by atoms with Crippen LogP contribution in [0, 0.1) is 11.7 Å². The zero-order valence-corrected chi connectivity index (χ0v) is 24.2. The number of pyridine rings is 2. The Balaban J connectivity index is 0.00000267. The number of benzene rings is 1. The van der Waals surface area contributed by atoms with Gasteiger partial charge in [-0.15, -0.1) is 24.8 Å². The van der Waals surface area contributed by atoms with Gasteiger partial charge < -0.3 is 21.5 Å². The van der Waals surface area contributed by atoms with E-state index in [1.54, 1.807) is 12.1 Å². The number of hydrogen-bond acceptors (Lipinski definition) is 7. The lowest BCUT2D eigenvalue weighted by Crippen LogP contribution is -2.49. The number of fused-ring (bicyclic) bond motifs is 1. The summed E-state index contributed by atoms with van der Waals surface area (Å²) in [7, 11) is 0. The van der Waals surface area contributed by atoms with Crippen LogP contribution in [-0.4, -0.2) is 44.9 Å². The van der Waals surface area contributed by atoms with E-state index in [9.17, 15) is 19.1 Å². The molecule has 0 saturated heterocycles. The van der Waals surface area contributed by atoms with Crippen LogP contribution in [0.5, 0.6) is 5.75 Å². The molecule has 5 N–H and O–H groups in total. The Kier molecular flexibility index (Phi) is 11.3.